The van der Waals surface area contributed by atoms with Crippen molar-refractivity contribution in [1.29, 1.82) is 0 Å². The van der Waals surface area contributed by atoms with Crippen LogP contribution in [-0.2, 0) is 11.3 Å². The highest BCUT2D eigenvalue weighted by Crippen LogP contribution is 2.18. The number of fused-ring (bicyclic) bond motifs is 1. The van der Waals surface area contributed by atoms with Crippen LogP contribution in [0.5, 0.6) is 0 Å². The van der Waals surface area contributed by atoms with E-state index in [9.17, 15) is 4.79 Å². The van der Waals surface area contributed by atoms with Crippen LogP contribution in [0.15, 0.2) is 18.5 Å². The number of aromatic nitrogens is 2. The van der Waals surface area contributed by atoms with Crippen LogP contribution in [0.4, 0.5) is 0 Å². The third-order valence-corrected chi connectivity index (χ3v) is 2.95. The average Bonchev–Trinajstić information content (AvgIpc) is 2.62. The Morgan fingerprint density at radius 3 is 2.76 bits per heavy atom. The van der Waals surface area contributed by atoms with Crippen LogP contribution >= 0.6 is 0 Å². The molecule has 0 spiro atoms. The van der Waals surface area contributed by atoms with Crippen LogP contribution in [0.2, 0.25) is 0 Å². The number of hydrogen-bond acceptors (Lipinski definition) is 3. The molecule has 0 fully saturated rings. The van der Waals surface area contributed by atoms with E-state index >= 15 is 0 Å². The van der Waals surface area contributed by atoms with Gasteiger partial charge in [0.15, 0.2) is 0 Å². The SMILES string of the molecule is Cc1cc2ncn(CC(N)C(=O)O)c2cc1C. The summed E-state index contributed by atoms with van der Waals surface area (Å²) in [5.74, 6) is -1.00. The molecule has 1 atom stereocenters. The fraction of sp³-hybridized carbons (Fsp3) is 0.333. The molecule has 3 N–H and O–H groups in total. The Kier molecular flexibility index (Phi) is 2.85. The van der Waals surface area contributed by atoms with E-state index in [0.717, 1.165) is 16.6 Å². The number of aryl methyl sites for hydroxylation is 2. The summed E-state index contributed by atoms with van der Waals surface area (Å²) >= 11 is 0. The molecule has 17 heavy (non-hydrogen) atoms. The Morgan fingerprint density at radius 1 is 1.47 bits per heavy atom. The Balaban J connectivity index is 2.42. The molecule has 0 saturated carbocycles. The summed E-state index contributed by atoms with van der Waals surface area (Å²) in [6.45, 7) is 4.27. The van der Waals surface area contributed by atoms with Crippen LogP contribution in [-0.4, -0.2) is 26.7 Å². The van der Waals surface area contributed by atoms with Gasteiger partial charge in [0, 0.05) is 0 Å². The van der Waals surface area contributed by atoms with Gasteiger partial charge in [-0.3, -0.25) is 4.79 Å². The zero-order valence-corrected chi connectivity index (χ0v) is 9.84. The molecule has 1 unspecified atom stereocenters. The molecule has 1 aromatic heterocycles. The lowest BCUT2D eigenvalue weighted by atomic mass is 10.1. The van der Waals surface area contributed by atoms with Crippen molar-refractivity contribution >= 4 is 17.0 Å². The van der Waals surface area contributed by atoms with E-state index in [1.165, 1.54) is 5.56 Å². The van der Waals surface area contributed by atoms with Crippen molar-refractivity contribution in [2.75, 3.05) is 0 Å². The Hall–Kier alpha value is -1.88. The number of nitrogens with zero attached hydrogens (tertiary/aromatic N) is 2. The molecule has 5 nitrogen and oxygen atoms in total. The molecule has 0 bridgehead atoms. The Bertz CT molecular complexity index is 574. The van der Waals surface area contributed by atoms with E-state index in [2.05, 4.69) is 4.98 Å². The first-order valence-corrected chi connectivity index (χ1v) is 5.39. The smallest absolute Gasteiger partial charge is 0.322 e. The fourth-order valence-corrected chi connectivity index (χ4v) is 1.75. The van der Waals surface area contributed by atoms with Crippen LogP contribution in [0.25, 0.3) is 11.0 Å². The predicted octanol–water partition coefficient (Wildman–Crippen LogP) is 1.07. The van der Waals surface area contributed by atoms with Gasteiger partial charge in [-0.15, -0.1) is 0 Å². The van der Waals surface area contributed by atoms with E-state index in [4.69, 9.17) is 10.8 Å². The third kappa shape index (κ3) is 2.14. The van der Waals surface area contributed by atoms with Gasteiger partial charge in [0.1, 0.15) is 6.04 Å². The summed E-state index contributed by atoms with van der Waals surface area (Å²) in [4.78, 5) is 15.0. The number of benzene rings is 1. The molecule has 0 saturated heterocycles. The van der Waals surface area contributed by atoms with Crippen LogP contribution in [0.3, 0.4) is 0 Å². The van der Waals surface area contributed by atoms with Gasteiger partial charge in [-0.2, -0.15) is 0 Å². The van der Waals surface area contributed by atoms with Crippen LogP contribution in [0, 0.1) is 13.8 Å². The predicted molar refractivity (Wildman–Crippen MR) is 64.8 cm³/mol. The molecule has 2 rings (SSSR count). The Morgan fingerprint density at radius 2 is 2.12 bits per heavy atom. The fourth-order valence-electron chi connectivity index (χ4n) is 1.75. The number of nitrogens with two attached hydrogens (primary N) is 1. The van der Waals surface area contributed by atoms with E-state index in [1.807, 2.05) is 26.0 Å². The number of rotatable bonds is 3. The molecule has 1 aromatic carbocycles. The number of hydrogen-bond donors (Lipinski definition) is 2. The first kappa shape index (κ1) is 11.6. The lowest BCUT2D eigenvalue weighted by molar-refractivity contribution is -0.138. The normalized spacial score (nSPS) is 12.9. The summed E-state index contributed by atoms with van der Waals surface area (Å²) in [6, 6.07) is 3.09. The lowest BCUT2D eigenvalue weighted by Gasteiger charge is -2.09. The summed E-state index contributed by atoms with van der Waals surface area (Å²) in [5.41, 5.74) is 9.63. The van der Waals surface area contributed by atoms with Crippen LogP contribution in [0.1, 0.15) is 11.1 Å². The van der Waals surface area contributed by atoms with Gasteiger partial charge in [0.2, 0.25) is 0 Å². The molecular formula is C12H15N3O2. The number of imidazole rings is 1. The molecular weight excluding hydrogens is 218 g/mol. The minimum atomic E-state index is -1.00. The molecule has 0 amide bonds. The molecule has 0 aliphatic carbocycles. The highest BCUT2D eigenvalue weighted by atomic mass is 16.4. The second-order valence-corrected chi connectivity index (χ2v) is 4.27. The number of carboxylic acids is 1. The number of aliphatic carboxylic acids is 1. The van der Waals surface area contributed by atoms with E-state index in [0.29, 0.717) is 0 Å². The maximum atomic E-state index is 10.7. The van der Waals surface area contributed by atoms with Crippen molar-refractivity contribution in [2.24, 2.45) is 5.73 Å². The first-order chi connectivity index (χ1) is 7.99. The van der Waals surface area contributed by atoms with Crippen molar-refractivity contribution in [3.8, 4) is 0 Å². The lowest BCUT2D eigenvalue weighted by Crippen LogP contribution is -2.34. The van der Waals surface area contributed by atoms with Gasteiger partial charge in [-0.1, -0.05) is 0 Å². The highest BCUT2D eigenvalue weighted by Gasteiger charge is 2.14. The van der Waals surface area contributed by atoms with E-state index in [1.54, 1.807) is 10.9 Å². The quantitative estimate of drug-likeness (QED) is 0.830. The molecule has 2 aromatic rings. The number of carbonyl (C=O) groups is 1. The summed E-state index contributed by atoms with van der Waals surface area (Å²) < 4.78 is 1.78. The van der Waals surface area contributed by atoms with Crippen LogP contribution < -0.4 is 5.73 Å². The van der Waals surface area contributed by atoms with Crippen molar-refractivity contribution in [3.05, 3.63) is 29.6 Å². The average molecular weight is 233 g/mol. The summed E-state index contributed by atoms with van der Waals surface area (Å²) in [6.07, 6.45) is 1.63. The Labute approximate surface area is 98.9 Å². The molecule has 0 aliphatic heterocycles. The minimum absolute atomic E-state index is 0.230. The molecule has 5 heteroatoms. The molecule has 0 radical (unpaired) electrons. The topological polar surface area (TPSA) is 81.1 Å². The van der Waals surface area contributed by atoms with Crippen molar-refractivity contribution < 1.29 is 9.90 Å². The maximum Gasteiger partial charge on any atom is 0.322 e. The zero-order valence-electron chi connectivity index (χ0n) is 9.84. The van der Waals surface area contributed by atoms with E-state index in [-0.39, 0.29) is 6.54 Å². The van der Waals surface area contributed by atoms with Gasteiger partial charge < -0.3 is 15.4 Å². The zero-order chi connectivity index (χ0) is 12.6. The minimum Gasteiger partial charge on any atom is -0.480 e. The molecule has 0 aliphatic rings. The van der Waals surface area contributed by atoms with Gasteiger partial charge in [0.25, 0.3) is 0 Å². The monoisotopic (exact) mass is 233 g/mol. The van der Waals surface area contributed by atoms with Gasteiger partial charge >= 0.3 is 5.97 Å². The maximum absolute atomic E-state index is 10.7. The van der Waals surface area contributed by atoms with Crippen molar-refractivity contribution in [1.82, 2.24) is 9.55 Å². The van der Waals surface area contributed by atoms with Crippen molar-refractivity contribution in [3.63, 3.8) is 0 Å². The molecule has 1 heterocycles. The number of carboxylic acid groups (broad SMARTS) is 1. The second kappa shape index (κ2) is 4.18. The summed E-state index contributed by atoms with van der Waals surface area (Å²) in [5, 5.41) is 8.79. The summed E-state index contributed by atoms with van der Waals surface area (Å²) in [7, 11) is 0. The van der Waals surface area contributed by atoms with Crippen molar-refractivity contribution in [2.45, 2.75) is 26.4 Å². The van der Waals surface area contributed by atoms with Gasteiger partial charge in [0.05, 0.1) is 23.9 Å². The largest absolute Gasteiger partial charge is 0.480 e. The third-order valence-electron chi connectivity index (χ3n) is 2.95. The second-order valence-electron chi connectivity index (χ2n) is 4.27. The van der Waals surface area contributed by atoms with Gasteiger partial charge in [-0.05, 0) is 37.1 Å². The highest BCUT2D eigenvalue weighted by molar-refractivity contribution is 5.78. The molecule has 90 valence electrons. The standard InChI is InChI=1S/C12H15N3O2/c1-7-3-10-11(4-8(7)2)15(6-14-10)5-9(13)12(16)17/h3-4,6,9H,5,13H2,1-2H3,(H,16,17). The first-order valence-electron chi connectivity index (χ1n) is 5.39. The van der Waals surface area contributed by atoms with Gasteiger partial charge in [-0.25, -0.2) is 4.98 Å². The van der Waals surface area contributed by atoms with E-state index < -0.39 is 12.0 Å².